The summed E-state index contributed by atoms with van der Waals surface area (Å²) in [5.41, 5.74) is 0.755. The van der Waals surface area contributed by atoms with Crippen LogP contribution in [0.4, 0.5) is 0 Å². The number of nitrogens with one attached hydrogen (secondary N) is 1. The number of likely N-dealkylation sites (tertiary alicyclic amines) is 1. The van der Waals surface area contributed by atoms with Gasteiger partial charge in [-0.25, -0.2) is 4.99 Å². The first-order valence-corrected chi connectivity index (χ1v) is 10.8. The van der Waals surface area contributed by atoms with Crippen LogP contribution in [0.5, 0.6) is 11.5 Å². The van der Waals surface area contributed by atoms with Crippen LogP contribution in [0.15, 0.2) is 23.2 Å². The highest BCUT2D eigenvalue weighted by molar-refractivity contribution is 14.0. The lowest BCUT2D eigenvalue weighted by Crippen LogP contribution is -2.47. The van der Waals surface area contributed by atoms with Gasteiger partial charge in [-0.1, -0.05) is 0 Å². The molecule has 0 aromatic heterocycles. The molecule has 2 aliphatic rings. The molecule has 170 valence electrons. The van der Waals surface area contributed by atoms with E-state index in [1.54, 1.807) is 19.2 Å². The maximum Gasteiger partial charge on any atom is 0.194 e. The van der Waals surface area contributed by atoms with Crippen molar-refractivity contribution < 1.29 is 19.3 Å². The van der Waals surface area contributed by atoms with Crippen LogP contribution in [-0.4, -0.2) is 68.1 Å². The Morgan fingerprint density at radius 3 is 2.73 bits per heavy atom. The Hall–Kier alpha value is -1.26. The molecule has 30 heavy (non-hydrogen) atoms. The number of methoxy groups -OCH3 is 1. The number of ether oxygens (including phenoxy) is 3. The van der Waals surface area contributed by atoms with Gasteiger partial charge in [0, 0.05) is 31.8 Å². The third kappa shape index (κ3) is 7.46. The number of hydrogen-bond acceptors (Lipinski definition) is 5. The number of piperidine rings is 1. The van der Waals surface area contributed by atoms with E-state index < -0.39 is 0 Å². The maximum atomic E-state index is 10.1. The molecular formula is C22H36IN3O4. The van der Waals surface area contributed by atoms with E-state index in [2.05, 4.69) is 17.1 Å². The van der Waals surface area contributed by atoms with Crippen LogP contribution in [0.2, 0.25) is 0 Å². The van der Waals surface area contributed by atoms with Gasteiger partial charge in [0.1, 0.15) is 11.5 Å². The fraction of sp³-hybridized carbons (Fsp3) is 0.682. The lowest BCUT2D eigenvalue weighted by molar-refractivity contribution is -0.0721. The predicted molar refractivity (Wildman–Crippen MR) is 129 cm³/mol. The molecule has 0 saturated carbocycles. The Bertz CT molecular complexity index is 660. The van der Waals surface area contributed by atoms with Crippen molar-refractivity contribution in [1.82, 2.24) is 10.2 Å². The minimum absolute atomic E-state index is 0. The third-order valence-corrected chi connectivity index (χ3v) is 5.55. The van der Waals surface area contributed by atoms with E-state index >= 15 is 0 Å². The molecule has 0 radical (unpaired) electrons. The Balaban J connectivity index is 0.00000320. The van der Waals surface area contributed by atoms with Gasteiger partial charge in [-0.2, -0.15) is 0 Å². The van der Waals surface area contributed by atoms with Gasteiger partial charge in [-0.3, -0.25) is 0 Å². The molecule has 2 fully saturated rings. The molecule has 0 amide bonds. The number of halogens is 1. The third-order valence-electron chi connectivity index (χ3n) is 5.55. The second kappa shape index (κ2) is 13.2. The summed E-state index contributed by atoms with van der Waals surface area (Å²) >= 11 is 0. The van der Waals surface area contributed by atoms with Gasteiger partial charge in [0.05, 0.1) is 32.5 Å². The molecule has 0 aliphatic carbocycles. The summed E-state index contributed by atoms with van der Waals surface area (Å²) in [6.45, 7) is 6.68. The first kappa shape index (κ1) is 25.0. The first-order chi connectivity index (χ1) is 14.2. The monoisotopic (exact) mass is 533 g/mol. The minimum Gasteiger partial charge on any atom is -0.508 e. The van der Waals surface area contributed by atoms with Gasteiger partial charge < -0.3 is 29.5 Å². The number of rotatable bonds is 7. The molecular weight excluding hydrogens is 497 g/mol. The summed E-state index contributed by atoms with van der Waals surface area (Å²) in [5, 5.41) is 13.5. The molecule has 8 heteroatoms. The summed E-state index contributed by atoms with van der Waals surface area (Å²) in [4.78, 5) is 7.02. The largest absolute Gasteiger partial charge is 0.508 e. The van der Waals surface area contributed by atoms with Crippen molar-refractivity contribution in [3.05, 3.63) is 23.8 Å². The lowest BCUT2D eigenvalue weighted by atomic mass is 10.1. The molecule has 3 rings (SSSR count). The smallest absolute Gasteiger partial charge is 0.194 e. The number of nitrogens with zero attached hydrogens (tertiary/aromatic N) is 2. The van der Waals surface area contributed by atoms with Crippen molar-refractivity contribution in [2.75, 3.05) is 40.0 Å². The molecule has 1 aromatic carbocycles. The number of guanidine groups is 1. The molecule has 2 saturated heterocycles. The van der Waals surface area contributed by atoms with Crippen LogP contribution < -0.4 is 10.1 Å². The molecule has 1 atom stereocenters. The molecule has 2 heterocycles. The highest BCUT2D eigenvalue weighted by atomic mass is 127. The molecule has 7 nitrogen and oxygen atoms in total. The van der Waals surface area contributed by atoms with Gasteiger partial charge in [0.25, 0.3) is 0 Å². The van der Waals surface area contributed by atoms with Crippen LogP contribution in [-0.2, 0) is 16.0 Å². The van der Waals surface area contributed by atoms with Crippen molar-refractivity contribution in [1.29, 1.82) is 0 Å². The van der Waals surface area contributed by atoms with E-state index in [4.69, 9.17) is 19.2 Å². The van der Waals surface area contributed by atoms with Crippen molar-refractivity contribution in [2.45, 2.75) is 57.8 Å². The van der Waals surface area contributed by atoms with E-state index in [0.29, 0.717) is 19.3 Å². The van der Waals surface area contributed by atoms with E-state index in [9.17, 15) is 5.11 Å². The van der Waals surface area contributed by atoms with E-state index in [-0.39, 0.29) is 35.8 Å². The lowest BCUT2D eigenvalue weighted by Gasteiger charge is -2.35. The van der Waals surface area contributed by atoms with Crippen LogP contribution >= 0.6 is 24.0 Å². The number of phenols is 1. The fourth-order valence-electron chi connectivity index (χ4n) is 3.82. The standard InChI is InChI=1S/C22H35N3O4.HI/c1-3-23-22(24-15-17-14-19(27-2)7-8-21(17)26)25-11-9-18(10-12-25)29-16-20-6-4-5-13-28-20;/h7-8,14,18,20,26H,3-6,9-13,15-16H2,1-2H3,(H,23,24);1H. The topological polar surface area (TPSA) is 75.6 Å². The van der Waals surface area contributed by atoms with Crippen LogP contribution in [0.3, 0.4) is 0 Å². The van der Waals surface area contributed by atoms with Gasteiger partial charge in [0.15, 0.2) is 5.96 Å². The van der Waals surface area contributed by atoms with Crippen molar-refractivity contribution in [2.24, 2.45) is 4.99 Å². The normalized spacial score (nSPS) is 20.5. The number of aliphatic imine (C=N–C) groups is 1. The highest BCUT2D eigenvalue weighted by Crippen LogP contribution is 2.24. The summed E-state index contributed by atoms with van der Waals surface area (Å²) in [7, 11) is 1.62. The average molecular weight is 533 g/mol. The van der Waals surface area contributed by atoms with E-state index in [1.165, 1.54) is 12.8 Å². The van der Waals surface area contributed by atoms with Crippen LogP contribution in [0.1, 0.15) is 44.6 Å². The Kier molecular flexibility index (Phi) is 11.0. The molecule has 1 aromatic rings. The summed E-state index contributed by atoms with van der Waals surface area (Å²) in [6, 6.07) is 5.22. The minimum atomic E-state index is 0. The number of hydrogen-bond donors (Lipinski definition) is 2. The second-order valence-electron chi connectivity index (χ2n) is 7.67. The zero-order chi connectivity index (χ0) is 20.5. The van der Waals surface area contributed by atoms with Crippen LogP contribution in [0.25, 0.3) is 0 Å². The molecule has 0 bridgehead atoms. The quantitative estimate of drug-likeness (QED) is 0.318. The molecule has 2 aliphatic heterocycles. The first-order valence-electron chi connectivity index (χ1n) is 10.8. The Labute approximate surface area is 197 Å². The van der Waals surface area contributed by atoms with Gasteiger partial charge in [0.2, 0.25) is 0 Å². The second-order valence-corrected chi connectivity index (χ2v) is 7.67. The zero-order valence-electron chi connectivity index (χ0n) is 18.1. The van der Waals surface area contributed by atoms with Gasteiger partial charge in [-0.15, -0.1) is 24.0 Å². The fourth-order valence-corrected chi connectivity index (χ4v) is 3.82. The predicted octanol–water partition coefficient (Wildman–Crippen LogP) is 3.53. The average Bonchev–Trinajstić information content (AvgIpc) is 2.77. The van der Waals surface area contributed by atoms with E-state index in [1.807, 2.05) is 6.07 Å². The maximum absolute atomic E-state index is 10.1. The van der Waals surface area contributed by atoms with Gasteiger partial charge >= 0.3 is 0 Å². The van der Waals surface area contributed by atoms with Crippen molar-refractivity contribution in [3.63, 3.8) is 0 Å². The summed E-state index contributed by atoms with van der Waals surface area (Å²) < 4.78 is 17.1. The molecule has 2 N–H and O–H groups in total. The molecule has 0 spiro atoms. The highest BCUT2D eigenvalue weighted by Gasteiger charge is 2.23. The number of aromatic hydroxyl groups is 1. The zero-order valence-corrected chi connectivity index (χ0v) is 20.5. The SMILES string of the molecule is CCNC(=NCc1cc(OC)ccc1O)N1CCC(OCC2CCCCO2)CC1.I. The number of benzene rings is 1. The molecule has 1 unspecified atom stereocenters. The summed E-state index contributed by atoms with van der Waals surface area (Å²) in [6.07, 6.45) is 6.08. The summed E-state index contributed by atoms with van der Waals surface area (Å²) in [5.74, 6) is 1.84. The Morgan fingerprint density at radius 2 is 2.07 bits per heavy atom. The Morgan fingerprint density at radius 1 is 1.27 bits per heavy atom. The van der Waals surface area contributed by atoms with Gasteiger partial charge in [-0.05, 0) is 57.2 Å². The van der Waals surface area contributed by atoms with Crippen molar-refractivity contribution >= 4 is 29.9 Å². The van der Waals surface area contributed by atoms with Crippen LogP contribution in [0, 0.1) is 0 Å². The number of phenolic OH excluding ortho intramolecular Hbond substituents is 1. The van der Waals surface area contributed by atoms with E-state index in [0.717, 1.165) is 62.8 Å². The van der Waals surface area contributed by atoms with Crippen molar-refractivity contribution in [3.8, 4) is 11.5 Å².